The molecule has 1 unspecified atom stereocenters. The lowest BCUT2D eigenvalue weighted by atomic mass is 10.00. The van der Waals surface area contributed by atoms with Crippen LogP contribution in [0.25, 0.3) is 0 Å². The summed E-state index contributed by atoms with van der Waals surface area (Å²) >= 11 is 1.89. The molecule has 1 aliphatic heterocycles. The molecule has 1 aromatic heterocycles. The van der Waals surface area contributed by atoms with Crippen molar-refractivity contribution in [3.63, 3.8) is 0 Å². The first-order chi connectivity index (χ1) is 8.66. The number of hydrogen-bond donors (Lipinski definition) is 1. The molecule has 0 aliphatic carbocycles. The van der Waals surface area contributed by atoms with Crippen LogP contribution in [0.1, 0.15) is 29.0 Å². The smallest absolute Gasteiger partial charge is 0.0525 e. The Kier molecular flexibility index (Phi) is 2.78. The van der Waals surface area contributed by atoms with Crippen LogP contribution in [0.4, 0.5) is 11.4 Å². The summed E-state index contributed by atoms with van der Waals surface area (Å²) in [5.74, 6) is 0. The van der Waals surface area contributed by atoms with Gasteiger partial charge in [0.15, 0.2) is 0 Å². The molecule has 1 atom stereocenters. The van der Waals surface area contributed by atoms with Crippen LogP contribution in [0.3, 0.4) is 0 Å². The van der Waals surface area contributed by atoms with Crippen LogP contribution in [0.2, 0.25) is 0 Å². The Bertz CT molecular complexity index is 574. The number of benzene rings is 1. The van der Waals surface area contributed by atoms with E-state index in [0.29, 0.717) is 6.04 Å². The lowest BCUT2D eigenvalue weighted by molar-refractivity contribution is 0.633. The highest BCUT2D eigenvalue weighted by atomic mass is 32.1. The van der Waals surface area contributed by atoms with Gasteiger partial charge in [0.05, 0.1) is 6.04 Å². The maximum absolute atomic E-state index is 5.90. The maximum Gasteiger partial charge on any atom is 0.0525 e. The maximum atomic E-state index is 5.90. The van der Waals surface area contributed by atoms with Crippen molar-refractivity contribution in [1.82, 2.24) is 0 Å². The van der Waals surface area contributed by atoms with E-state index in [4.69, 9.17) is 5.73 Å². The predicted octanol–water partition coefficient (Wildman–Crippen LogP) is 3.76. The van der Waals surface area contributed by atoms with Gasteiger partial charge in [-0.15, -0.1) is 11.3 Å². The Morgan fingerprint density at radius 2 is 2.17 bits per heavy atom. The summed E-state index contributed by atoms with van der Waals surface area (Å²) in [6.07, 6.45) is 1.15. The van der Waals surface area contributed by atoms with Gasteiger partial charge in [-0.05, 0) is 61.0 Å². The second-order valence-corrected chi connectivity index (χ2v) is 5.96. The largest absolute Gasteiger partial charge is 0.399 e. The average Bonchev–Trinajstić information content (AvgIpc) is 2.83. The van der Waals surface area contributed by atoms with Crippen LogP contribution < -0.4 is 10.6 Å². The first-order valence-electron chi connectivity index (χ1n) is 6.36. The van der Waals surface area contributed by atoms with Crippen molar-refractivity contribution in [2.45, 2.75) is 26.3 Å². The molecule has 0 amide bonds. The van der Waals surface area contributed by atoms with Crippen LogP contribution in [-0.4, -0.2) is 6.54 Å². The molecule has 3 rings (SSSR count). The van der Waals surface area contributed by atoms with Crippen molar-refractivity contribution in [3.05, 3.63) is 45.6 Å². The Balaban J connectivity index is 1.96. The van der Waals surface area contributed by atoms with E-state index in [0.717, 1.165) is 24.2 Å². The third kappa shape index (κ3) is 1.79. The zero-order valence-electron chi connectivity index (χ0n) is 10.8. The van der Waals surface area contributed by atoms with Crippen LogP contribution in [-0.2, 0) is 6.42 Å². The summed E-state index contributed by atoms with van der Waals surface area (Å²) in [6, 6.07) is 9.07. The first kappa shape index (κ1) is 11.6. The molecule has 18 heavy (non-hydrogen) atoms. The van der Waals surface area contributed by atoms with Gasteiger partial charge in [0.1, 0.15) is 0 Å². The number of hydrogen-bond acceptors (Lipinski definition) is 3. The van der Waals surface area contributed by atoms with E-state index < -0.39 is 0 Å². The molecule has 2 nitrogen and oxygen atoms in total. The molecular formula is C15H18N2S. The number of fused-ring (bicyclic) bond motifs is 1. The fourth-order valence-electron chi connectivity index (χ4n) is 2.70. The Morgan fingerprint density at radius 3 is 2.94 bits per heavy atom. The van der Waals surface area contributed by atoms with Crippen molar-refractivity contribution in [1.29, 1.82) is 0 Å². The van der Waals surface area contributed by atoms with Crippen molar-refractivity contribution >= 4 is 22.7 Å². The number of nitrogens with zero attached hydrogens (tertiary/aromatic N) is 1. The highest BCUT2D eigenvalue weighted by Crippen LogP contribution is 2.36. The molecule has 2 heterocycles. The molecule has 0 radical (unpaired) electrons. The summed E-state index contributed by atoms with van der Waals surface area (Å²) in [6.45, 7) is 5.46. The van der Waals surface area contributed by atoms with E-state index in [2.05, 4.69) is 42.3 Å². The second-order valence-electron chi connectivity index (χ2n) is 4.96. The van der Waals surface area contributed by atoms with Gasteiger partial charge in [0.2, 0.25) is 0 Å². The molecule has 0 saturated heterocycles. The SMILES string of the molecule is Cc1cc(N2CCc3sccc3C2C)ccc1N. The summed E-state index contributed by atoms with van der Waals surface area (Å²) in [5, 5.41) is 2.21. The third-order valence-electron chi connectivity index (χ3n) is 3.86. The van der Waals surface area contributed by atoms with Gasteiger partial charge in [-0.2, -0.15) is 0 Å². The molecular weight excluding hydrogens is 240 g/mol. The third-order valence-corrected chi connectivity index (χ3v) is 4.86. The van der Waals surface area contributed by atoms with Crippen LogP contribution in [0, 0.1) is 6.92 Å². The first-order valence-corrected chi connectivity index (χ1v) is 7.24. The fourth-order valence-corrected chi connectivity index (χ4v) is 3.66. The van der Waals surface area contributed by atoms with Gasteiger partial charge in [-0.3, -0.25) is 0 Å². The van der Waals surface area contributed by atoms with Crippen molar-refractivity contribution < 1.29 is 0 Å². The molecule has 94 valence electrons. The number of nitrogens with two attached hydrogens (primary N) is 1. The number of thiophene rings is 1. The summed E-state index contributed by atoms with van der Waals surface area (Å²) in [5.41, 5.74) is 10.7. The minimum Gasteiger partial charge on any atom is -0.399 e. The number of aryl methyl sites for hydroxylation is 1. The molecule has 3 heteroatoms. The van der Waals surface area contributed by atoms with Gasteiger partial charge < -0.3 is 10.6 Å². The molecule has 0 bridgehead atoms. The van der Waals surface area contributed by atoms with Crippen molar-refractivity contribution in [3.8, 4) is 0 Å². The minimum absolute atomic E-state index is 0.461. The molecule has 0 saturated carbocycles. The lowest BCUT2D eigenvalue weighted by Gasteiger charge is -2.35. The molecule has 1 aliphatic rings. The van der Waals surface area contributed by atoms with Gasteiger partial charge in [-0.1, -0.05) is 0 Å². The Hall–Kier alpha value is -1.48. The Labute approximate surface area is 112 Å². The van der Waals surface area contributed by atoms with Gasteiger partial charge >= 0.3 is 0 Å². The quantitative estimate of drug-likeness (QED) is 0.789. The van der Waals surface area contributed by atoms with Crippen LogP contribution >= 0.6 is 11.3 Å². The zero-order chi connectivity index (χ0) is 12.7. The van der Waals surface area contributed by atoms with E-state index in [1.165, 1.54) is 11.3 Å². The van der Waals surface area contributed by atoms with E-state index >= 15 is 0 Å². The second kappa shape index (κ2) is 4.32. The van der Waals surface area contributed by atoms with Crippen molar-refractivity contribution in [2.24, 2.45) is 0 Å². The van der Waals surface area contributed by atoms with E-state index in [-0.39, 0.29) is 0 Å². The number of nitrogen functional groups attached to an aromatic ring is 1. The normalized spacial score (nSPS) is 18.8. The average molecular weight is 258 g/mol. The van der Waals surface area contributed by atoms with Crippen LogP contribution in [0.5, 0.6) is 0 Å². The summed E-state index contributed by atoms with van der Waals surface area (Å²) in [4.78, 5) is 4.02. The topological polar surface area (TPSA) is 29.3 Å². The molecule has 0 fully saturated rings. The Morgan fingerprint density at radius 1 is 1.33 bits per heavy atom. The summed E-state index contributed by atoms with van der Waals surface area (Å²) < 4.78 is 0. The zero-order valence-corrected chi connectivity index (χ0v) is 11.6. The lowest BCUT2D eigenvalue weighted by Crippen LogP contribution is -2.33. The van der Waals surface area contributed by atoms with Gasteiger partial charge in [0, 0.05) is 22.8 Å². The minimum atomic E-state index is 0.461. The van der Waals surface area contributed by atoms with Crippen LogP contribution in [0.15, 0.2) is 29.6 Å². The van der Waals surface area contributed by atoms with E-state index in [1.54, 1.807) is 4.88 Å². The molecule has 2 N–H and O–H groups in total. The van der Waals surface area contributed by atoms with Crippen molar-refractivity contribution in [2.75, 3.05) is 17.2 Å². The molecule has 2 aromatic rings. The van der Waals surface area contributed by atoms with Gasteiger partial charge in [-0.25, -0.2) is 0 Å². The molecule has 0 spiro atoms. The molecule has 1 aromatic carbocycles. The van der Waals surface area contributed by atoms with E-state index in [1.807, 2.05) is 17.4 Å². The highest BCUT2D eigenvalue weighted by molar-refractivity contribution is 7.10. The summed E-state index contributed by atoms with van der Waals surface area (Å²) in [7, 11) is 0. The monoisotopic (exact) mass is 258 g/mol. The highest BCUT2D eigenvalue weighted by Gasteiger charge is 2.24. The number of anilines is 2. The van der Waals surface area contributed by atoms with Gasteiger partial charge in [0.25, 0.3) is 0 Å². The number of rotatable bonds is 1. The predicted molar refractivity (Wildman–Crippen MR) is 79.4 cm³/mol. The standard InChI is InChI=1S/C15H18N2S/c1-10-9-12(3-4-14(10)16)17-7-5-15-13(11(17)2)6-8-18-15/h3-4,6,8-9,11H,5,7,16H2,1-2H3. The van der Waals surface area contributed by atoms with E-state index in [9.17, 15) is 0 Å². The fraction of sp³-hybridized carbons (Fsp3) is 0.333.